The van der Waals surface area contributed by atoms with Crippen LogP contribution in [0.4, 0.5) is 0 Å². The molecule has 1 amide bonds. The Balaban J connectivity index is 2.59. The van der Waals surface area contributed by atoms with Gasteiger partial charge in [0.2, 0.25) is 0 Å². The molecule has 0 radical (unpaired) electrons. The van der Waals surface area contributed by atoms with Crippen LogP contribution in [0.5, 0.6) is 5.75 Å². The van der Waals surface area contributed by atoms with Gasteiger partial charge in [-0.3, -0.25) is 10.1 Å². The quantitative estimate of drug-likeness (QED) is 0.597. The zero-order valence-corrected chi connectivity index (χ0v) is 8.65. The van der Waals surface area contributed by atoms with Gasteiger partial charge in [-0.25, -0.2) is 0 Å². The predicted molar refractivity (Wildman–Crippen MR) is 55.0 cm³/mol. The summed E-state index contributed by atoms with van der Waals surface area (Å²) >= 11 is 0. The van der Waals surface area contributed by atoms with Crippen LogP contribution in [0.3, 0.4) is 0 Å². The second kappa shape index (κ2) is 5.01. The third-order valence-electron chi connectivity index (χ3n) is 1.88. The average Bonchev–Trinajstić information content (AvgIpc) is 2.22. The Morgan fingerprint density at radius 2 is 2.07 bits per heavy atom. The molecule has 0 bridgehead atoms. The number of benzene rings is 1. The molecule has 1 aromatic carbocycles. The summed E-state index contributed by atoms with van der Waals surface area (Å²) in [6, 6.07) is 7.35. The molecule has 0 spiro atoms. The third kappa shape index (κ3) is 3.31. The molecule has 78 valence electrons. The predicted octanol–water partition coefficient (Wildman–Crippen LogP) is 1.36. The van der Waals surface area contributed by atoms with Crippen LogP contribution in [-0.4, -0.2) is 12.0 Å². The number of aryl methyl sites for hydroxylation is 1. The van der Waals surface area contributed by atoms with Crippen LogP contribution in [0.2, 0.25) is 0 Å². The molecular formula is C11H12N2O2. The lowest BCUT2D eigenvalue weighted by atomic mass is 10.2. The van der Waals surface area contributed by atoms with Crippen LogP contribution in [-0.2, 0) is 4.79 Å². The van der Waals surface area contributed by atoms with Gasteiger partial charge >= 0.3 is 0 Å². The minimum atomic E-state index is -0.674. The van der Waals surface area contributed by atoms with Crippen LogP contribution in [0.1, 0.15) is 12.5 Å². The Morgan fingerprint density at radius 1 is 1.47 bits per heavy atom. The minimum absolute atomic E-state index is 0.446. The zero-order valence-electron chi connectivity index (χ0n) is 8.65. The molecule has 0 aliphatic rings. The third-order valence-corrected chi connectivity index (χ3v) is 1.88. The van der Waals surface area contributed by atoms with Crippen molar-refractivity contribution in [3.8, 4) is 11.9 Å². The van der Waals surface area contributed by atoms with Gasteiger partial charge in [0.05, 0.1) is 0 Å². The van der Waals surface area contributed by atoms with Gasteiger partial charge in [-0.05, 0) is 26.0 Å². The highest BCUT2D eigenvalue weighted by atomic mass is 16.5. The van der Waals surface area contributed by atoms with Gasteiger partial charge in [-0.2, -0.15) is 5.26 Å². The second-order valence-corrected chi connectivity index (χ2v) is 3.17. The molecule has 0 aliphatic heterocycles. The fraction of sp³-hybridized carbons (Fsp3) is 0.273. The van der Waals surface area contributed by atoms with E-state index in [2.05, 4.69) is 0 Å². The van der Waals surface area contributed by atoms with E-state index in [0.29, 0.717) is 5.75 Å². The van der Waals surface area contributed by atoms with E-state index in [9.17, 15) is 4.79 Å². The molecule has 0 saturated heterocycles. The lowest BCUT2D eigenvalue weighted by Crippen LogP contribution is -2.33. The Kier molecular flexibility index (Phi) is 3.69. The molecule has 0 fully saturated rings. The maximum Gasteiger partial charge on any atom is 0.273 e. The highest BCUT2D eigenvalue weighted by molar-refractivity contribution is 5.81. The second-order valence-electron chi connectivity index (χ2n) is 3.17. The Morgan fingerprint density at radius 3 is 2.60 bits per heavy atom. The van der Waals surface area contributed by atoms with Crippen molar-refractivity contribution in [2.45, 2.75) is 20.0 Å². The normalized spacial score (nSPS) is 11.3. The summed E-state index contributed by atoms with van der Waals surface area (Å²) in [7, 11) is 0. The van der Waals surface area contributed by atoms with E-state index in [1.54, 1.807) is 25.2 Å². The van der Waals surface area contributed by atoms with Crippen molar-refractivity contribution in [3.05, 3.63) is 29.8 Å². The summed E-state index contributed by atoms with van der Waals surface area (Å²) in [5.74, 6) is 0.166. The summed E-state index contributed by atoms with van der Waals surface area (Å²) in [5.41, 5.74) is 1.12. The van der Waals surface area contributed by atoms with Crippen molar-refractivity contribution in [1.82, 2.24) is 5.32 Å². The maximum absolute atomic E-state index is 11.2. The van der Waals surface area contributed by atoms with Gasteiger partial charge in [0, 0.05) is 0 Å². The molecule has 4 nitrogen and oxygen atoms in total. The van der Waals surface area contributed by atoms with Gasteiger partial charge in [0.25, 0.3) is 5.91 Å². The van der Waals surface area contributed by atoms with Crippen molar-refractivity contribution in [1.29, 1.82) is 5.26 Å². The van der Waals surface area contributed by atoms with Crippen LogP contribution < -0.4 is 10.1 Å². The van der Waals surface area contributed by atoms with Crippen molar-refractivity contribution in [3.63, 3.8) is 0 Å². The van der Waals surface area contributed by atoms with E-state index in [4.69, 9.17) is 10.00 Å². The number of nitriles is 1. The number of ether oxygens (including phenoxy) is 1. The fourth-order valence-corrected chi connectivity index (χ4v) is 1.03. The van der Waals surface area contributed by atoms with Crippen molar-refractivity contribution in [2.75, 3.05) is 0 Å². The first kappa shape index (κ1) is 11.1. The van der Waals surface area contributed by atoms with Crippen molar-refractivity contribution >= 4 is 5.91 Å². The summed E-state index contributed by atoms with van der Waals surface area (Å²) < 4.78 is 5.32. The number of hydrogen-bond donors (Lipinski definition) is 1. The smallest absolute Gasteiger partial charge is 0.273 e. The largest absolute Gasteiger partial charge is 0.481 e. The van der Waals surface area contributed by atoms with Crippen molar-refractivity contribution in [2.24, 2.45) is 0 Å². The van der Waals surface area contributed by atoms with Crippen LogP contribution in [0.25, 0.3) is 0 Å². The molecule has 1 unspecified atom stereocenters. The monoisotopic (exact) mass is 204 g/mol. The number of nitrogens with zero attached hydrogens (tertiary/aromatic N) is 1. The number of carbonyl (C=O) groups is 1. The molecule has 0 aromatic heterocycles. The number of rotatable bonds is 3. The molecule has 4 heteroatoms. The van der Waals surface area contributed by atoms with Gasteiger partial charge in [0.15, 0.2) is 12.3 Å². The highest BCUT2D eigenvalue weighted by Gasteiger charge is 2.13. The lowest BCUT2D eigenvalue weighted by Gasteiger charge is -2.12. The average molecular weight is 204 g/mol. The van der Waals surface area contributed by atoms with Crippen LogP contribution in [0, 0.1) is 18.4 Å². The molecule has 1 atom stereocenters. The summed E-state index contributed by atoms with van der Waals surface area (Å²) in [4.78, 5) is 11.2. The molecule has 1 N–H and O–H groups in total. The number of nitrogens with one attached hydrogen (secondary N) is 1. The first-order valence-corrected chi connectivity index (χ1v) is 4.55. The first-order valence-electron chi connectivity index (χ1n) is 4.55. The van der Waals surface area contributed by atoms with Crippen LogP contribution >= 0.6 is 0 Å². The number of amides is 1. The summed E-state index contributed by atoms with van der Waals surface area (Å²) in [6.45, 7) is 3.56. The summed E-state index contributed by atoms with van der Waals surface area (Å²) in [6.07, 6.45) is 0.890. The number of hydrogen-bond acceptors (Lipinski definition) is 3. The molecule has 0 saturated carbocycles. The van der Waals surface area contributed by atoms with Crippen LogP contribution in [0.15, 0.2) is 24.3 Å². The van der Waals surface area contributed by atoms with Gasteiger partial charge in [0.1, 0.15) is 5.75 Å². The van der Waals surface area contributed by atoms with Gasteiger partial charge < -0.3 is 4.74 Å². The zero-order chi connectivity index (χ0) is 11.3. The Hall–Kier alpha value is -2.02. The Labute approximate surface area is 88.5 Å². The fourth-order valence-electron chi connectivity index (χ4n) is 1.03. The van der Waals surface area contributed by atoms with E-state index >= 15 is 0 Å². The van der Waals surface area contributed by atoms with Gasteiger partial charge in [-0.1, -0.05) is 17.7 Å². The Bertz CT molecular complexity index is 379. The van der Waals surface area contributed by atoms with Gasteiger partial charge in [-0.15, -0.1) is 0 Å². The molecule has 15 heavy (non-hydrogen) atoms. The summed E-state index contributed by atoms with van der Waals surface area (Å²) in [5, 5.41) is 10.3. The van der Waals surface area contributed by atoms with E-state index in [1.165, 1.54) is 0 Å². The molecule has 1 aromatic rings. The highest BCUT2D eigenvalue weighted by Crippen LogP contribution is 2.13. The van der Waals surface area contributed by atoms with E-state index in [-0.39, 0.29) is 0 Å². The topological polar surface area (TPSA) is 62.1 Å². The molecule has 1 rings (SSSR count). The van der Waals surface area contributed by atoms with Crippen molar-refractivity contribution < 1.29 is 9.53 Å². The minimum Gasteiger partial charge on any atom is -0.481 e. The standard InChI is InChI=1S/C11H12N2O2/c1-8-3-5-10(6-4-8)15-9(2)11(14)13-7-12/h3-6,9H,1-2H3,(H,13,14). The van der Waals surface area contributed by atoms with E-state index in [0.717, 1.165) is 5.56 Å². The maximum atomic E-state index is 11.2. The first-order chi connectivity index (χ1) is 7.13. The lowest BCUT2D eigenvalue weighted by molar-refractivity contribution is -0.126. The van der Waals surface area contributed by atoms with E-state index < -0.39 is 12.0 Å². The van der Waals surface area contributed by atoms with E-state index in [1.807, 2.05) is 24.4 Å². The molecular weight excluding hydrogens is 192 g/mol. The molecule has 0 aliphatic carbocycles. The molecule has 0 heterocycles. The number of carbonyl (C=O) groups excluding carboxylic acids is 1. The SMILES string of the molecule is Cc1ccc(OC(C)C(=O)NC#N)cc1.